The highest BCUT2D eigenvalue weighted by atomic mass is 32.2. The number of carbonyl (C=O) groups excluding carboxylic acids is 2. The fourth-order valence-corrected chi connectivity index (χ4v) is 5.80. The number of fused-ring (bicyclic) bond motifs is 1. The molecule has 3 N–H and O–H groups in total. The number of aliphatic hydroxyl groups is 1. The number of para-hydroxylation sites is 1. The summed E-state index contributed by atoms with van der Waals surface area (Å²) in [5.74, 6) is 0.123. The number of sulfonamides is 1. The number of aliphatic hydroxyl groups excluding tert-OH is 1. The van der Waals surface area contributed by atoms with Crippen LogP contribution in [0.3, 0.4) is 0 Å². The molecule has 0 saturated carbocycles. The van der Waals surface area contributed by atoms with Crippen molar-refractivity contribution in [2.75, 3.05) is 44.5 Å². The van der Waals surface area contributed by atoms with Gasteiger partial charge in [0.25, 0.3) is 5.91 Å². The molecule has 11 nitrogen and oxygen atoms in total. The van der Waals surface area contributed by atoms with Gasteiger partial charge in [-0.2, -0.15) is 4.31 Å². The van der Waals surface area contributed by atoms with Gasteiger partial charge in [-0.05, 0) is 61.5 Å². The number of likely N-dealkylation sites (N-methyl/N-ethyl adjacent to an activating group) is 1. The maximum absolute atomic E-state index is 13.7. The van der Waals surface area contributed by atoms with Gasteiger partial charge in [0.2, 0.25) is 10.0 Å². The van der Waals surface area contributed by atoms with Crippen molar-refractivity contribution < 1.29 is 32.6 Å². The van der Waals surface area contributed by atoms with Crippen LogP contribution in [0.5, 0.6) is 11.5 Å². The summed E-state index contributed by atoms with van der Waals surface area (Å²) in [6.07, 6.45) is -0.636. The predicted molar refractivity (Wildman–Crippen MR) is 159 cm³/mol. The van der Waals surface area contributed by atoms with Crippen molar-refractivity contribution in [3.05, 3.63) is 78.4 Å². The average Bonchev–Trinajstić information content (AvgIpc) is 2.99. The number of methoxy groups -OCH3 is 1. The van der Waals surface area contributed by atoms with Crippen molar-refractivity contribution >= 4 is 33.3 Å². The summed E-state index contributed by atoms with van der Waals surface area (Å²) < 4.78 is 39.4. The van der Waals surface area contributed by atoms with E-state index in [9.17, 15) is 23.1 Å². The number of nitrogens with zero attached hydrogens (tertiary/aromatic N) is 2. The predicted octanol–water partition coefficient (Wildman–Crippen LogP) is 3.88. The number of nitrogens with one attached hydrogen (secondary N) is 2. The third-order valence-corrected chi connectivity index (χ3v) is 9.00. The van der Waals surface area contributed by atoms with Gasteiger partial charge in [-0.3, -0.25) is 4.79 Å². The number of amides is 3. The lowest BCUT2D eigenvalue weighted by Crippen LogP contribution is -2.50. The summed E-state index contributed by atoms with van der Waals surface area (Å²) in [6.45, 7) is 3.56. The molecule has 1 aliphatic rings. The van der Waals surface area contributed by atoms with Crippen LogP contribution in [0.25, 0.3) is 0 Å². The lowest BCUT2D eigenvalue weighted by atomic mass is 9.99. The van der Waals surface area contributed by atoms with Crippen LogP contribution >= 0.6 is 0 Å². The van der Waals surface area contributed by atoms with Crippen LogP contribution in [0.4, 0.5) is 16.2 Å². The maximum Gasteiger partial charge on any atom is 0.323 e. The van der Waals surface area contributed by atoms with E-state index in [-0.39, 0.29) is 47.7 Å². The molecular weight excluding hydrogens is 560 g/mol. The van der Waals surface area contributed by atoms with Gasteiger partial charge in [0.1, 0.15) is 17.6 Å². The summed E-state index contributed by atoms with van der Waals surface area (Å²) in [4.78, 5) is 27.9. The first kappa shape index (κ1) is 30.8. The van der Waals surface area contributed by atoms with Gasteiger partial charge in [-0.1, -0.05) is 25.1 Å². The highest BCUT2D eigenvalue weighted by Crippen LogP contribution is 2.31. The van der Waals surface area contributed by atoms with E-state index in [2.05, 4.69) is 10.6 Å². The van der Waals surface area contributed by atoms with E-state index >= 15 is 0 Å². The van der Waals surface area contributed by atoms with Crippen molar-refractivity contribution in [3.63, 3.8) is 0 Å². The molecule has 0 aliphatic carbocycles. The van der Waals surface area contributed by atoms with E-state index in [4.69, 9.17) is 9.47 Å². The molecular formula is C30H36N4O7S. The monoisotopic (exact) mass is 596 g/mol. The van der Waals surface area contributed by atoms with Crippen molar-refractivity contribution in [3.8, 4) is 11.5 Å². The Morgan fingerprint density at radius 3 is 2.40 bits per heavy atom. The number of carbonyl (C=O) groups is 2. The van der Waals surface area contributed by atoms with E-state index < -0.39 is 28.2 Å². The highest BCUT2D eigenvalue weighted by Gasteiger charge is 2.35. The van der Waals surface area contributed by atoms with E-state index in [1.54, 1.807) is 60.4 Å². The Hall–Kier alpha value is -4.13. The summed E-state index contributed by atoms with van der Waals surface area (Å²) in [7, 11) is -0.870. The third kappa shape index (κ3) is 7.01. The van der Waals surface area contributed by atoms with Gasteiger partial charge in [-0.25, -0.2) is 13.2 Å². The Labute approximate surface area is 246 Å². The van der Waals surface area contributed by atoms with Gasteiger partial charge < -0.3 is 30.1 Å². The highest BCUT2D eigenvalue weighted by molar-refractivity contribution is 7.89. The molecule has 0 fully saturated rings. The zero-order valence-electron chi connectivity index (χ0n) is 24.0. The molecule has 3 aromatic rings. The number of hydrogen-bond acceptors (Lipinski definition) is 7. The number of ether oxygens (including phenoxy) is 2. The molecule has 224 valence electrons. The fourth-order valence-electron chi connectivity index (χ4n) is 4.61. The van der Waals surface area contributed by atoms with Crippen molar-refractivity contribution in [2.24, 2.45) is 5.92 Å². The summed E-state index contributed by atoms with van der Waals surface area (Å²) in [5, 5.41) is 15.4. The van der Waals surface area contributed by atoms with Gasteiger partial charge >= 0.3 is 6.03 Å². The molecule has 3 amide bonds. The minimum Gasteiger partial charge on any atom is -0.497 e. The first-order chi connectivity index (χ1) is 20.0. The normalized spacial score (nSPS) is 17.9. The topological polar surface area (TPSA) is 138 Å². The first-order valence-corrected chi connectivity index (χ1v) is 14.9. The Morgan fingerprint density at radius 1 is 1.10 bits per heavy atom. The van der Waals surface area contributed by atoms with Crippen LogP contribution in [-0.2, 0) is 10.0 Å². The lowest BCUT2D eigenvalue weighted by molar-refractivity contribution is 0.0387. The SMILES string of the molecule is COc1ccc(S(=O)(=O)N(C)C[C@@H]2Oc3ccc(NC(=O)Nc4ccccc4)cc3C(=O)N([C@H](C)CO)C[C@H]2C)cc1. The second-order valence-corrected chi connectivity index (χ2v) is 12.3. The maximum atomic E-state index is 13.7. The molecule has 42 heavy (non-hydrogen) atoms. The Morgan fingerprint density at radius 2 is 1.76 bits per heavy atom. The van der Waals surface area contributed by atoms with Crippen molar-refractivity contribution in [2.45, 2.75) is 30.9 Å². The fraction of sp³-hybridized carbons (Fsp3) is 0.333. The van der Waals surface area contributed by atoms with Crippen LogP contribution in [0.15, 0.2) is 77.7 Å². The summed E-state index contributed by atoms with van der Waals surface area (Å²) >= 11 is 0. The molecule has 3 aromatic carbocycles. The number of anilines is 2. The van der Waals surface area contributed by atoms with E-state index in [1.807, 2.05) is 13.0 Å². The second-order valence-electron chi connectivity index (χ2n) is 10.2. The zero-order chi connectivity index (χ0) is 30.4. The smallest absolute Gasteiger partial charge is 0.323 e. The average molecular weight is 597 g/mol. The Balaban J connectivity index is 1.61. The molecule has 0 spiro atoms. The van der Waals surface area contributed by atoms with Gasteiger partial charge in [0.15, 0.2) is 0 Å². The summed E-state index contributed by atoms with van der Waals surface area (Å²) in [6, 6.07) is 18.8. The molecule has 0 saturated heterocycles. The van der Waals surface area contributed by atoms with Gasteiger partial charge in [0.05, 0.1) is 36.8 Å². The number of benzene rings is 3. The first-order valence-electron chi connectivity index (χ1n) is 13.5. The Bertz CT molecular complexity index is 1500. The molecule has 0 radical (unpaired) electrons. The van der Waals surface area contributed by atoms with Crippen LogP contribution in [0.1, 0.15) is 24.2 Å². The molecule has 1 heterocycles. The zero-order valence-corrected chi connectivity index (χ0v) is 24.8. The number of rotatable bonds is 9. The molecule has 4 rings (SSSR count). The van der Waals surface area contributed by atoms with Crippen molar-refractivity contribution in [1.29, 1.82) is 0 Å². The van der Waals surface area contributed by atoms with Gasteiger partial charge in [-0.15, -0.1) is 0 Å². The molecule has 0 bridgehead atoms. The minimum atomic E-state index is -3.85. The van der Waals surface area contributed by atoms with Crippen LogP contribution in [-0.4, -0.2) is 80.7 Å². The van der Waals surface area contributed by atoms with E-state index in [0.29, 0.717) is 17.1 Å². The van der Waals surface area contributed by atoms with Crippen molar-refractivity contribution in [1.82, 2.24) is 9.21 Å². The largest absolute Gasteiger partial charge is 0.497 e. The lowest BCUT2D eigenvalue weighted by Gasteiger charge is -2.38. The summed E-state index contributed by atoms with van der Waals surface area (Å²) in [5.41, 5.74) is 1.15. The Kier molecular flexibility index (Phi) is 9.71. The molecule has 1 aliphatic heterocycles. The minimum absolute atomic E-state index is 0.00396. The molecule has 0 unspecified atom stereocenters. The standard InChI is InChI=1S/C30H36N4O7S/c1-20-17-34(21(2)19-35)29(36)26-16-23(32-30(37)31-22-8-6-5-7-9-22)10-15-27(26)41-28(20)18-33(3)42(38,39)25-13-11-24(40-4)12-14-25/h5-16,20-21,28,35H,17-19H2,1-4H3,(H2,31,32,37)/t20-,21-,28+/m1/s1. The van der Waals surface area contributed by atoms with Gasteiger partial charge in [0, 0.05) is 30.9 Å². The van der Waals surface area contributed by atoms with E-state index in [0.717, 1.165) is 0 Å². The van der Waals surface area contributed by atoms with E-state index in [1.165, 1.54) is 36.7 Å². The molecule has 3 atom stereocenters. The molecule has 12 heteroatoms. The van der Waals surface area contributed by atoms with Crippen LogP contribution < -0.4 is 20.1 Å². The third-order valence-electron chi connectivity index (χ3n) is 7.16. The van der Waals surface area contributed by atoms with Crippen LogP contribution in [0.2, 0.25) is 0 Å². The number of urea groups is 1. The van der Waals surface area contributed by atoms with Crippen LogP contribution in [0, 0.1) is 5.92 Å². The quantitative estimate of drug-likeness (QED) is 0.341. The number of hydrogen-bond donors (Lipinski definition) is 3. The second kappa shape index (κ2) is 13.2. The molecule has 0 aromatic heterocycles.